The number of nitrogens with zero attached hydrogens (tertiary/aromatic N) is 4. The van der Waals surface area contributed by atoms with E-state index in [1.54, 1.807) is 6.33 Å². The van der Waals surface area contributed by atoms with Crippen LogP contribution in [0, 0.1) is 12.3 Å². The molecule has 0 bridgehead atoms. The van der Waals surface area contributed by atoms with Gasteiger partial charge in [0.2, 0.25) is 0 Å². The molecule has 3 atom stereocenters. The van der Waals surface area contributed by atoms with E-state index < -0.39 is 5.60 Å². The van der Waals surface area contributed by atoms with Crippen LogP contribution in [-0.4, -0.2) is 25.1 Å². The maximum absolute atomic E-state index is 5.91. The molecule has 98 valence electrons. The van der Waals surface area contributed by atoms with Gasteiger partial charge in [-0.05, 0) is 19.8 Å². The van der Waals surface area contributed by atoms with Crippen molar-refractivity contribution in [1.29, 1.82) is 0 Å². The van der Waals surface area contributed by atoms with E-state index in [2.05, 4.69) is 30.1 Å². The van der Waals surface area contributed by atoms with E-state index in [1.165, 1.54) is 0 Å². The molecule has 3 unspecified atom stereocenters. The number of terminal acetylenes is 1. The molecule has 7 heteroatoms. The number of nitrogen functional groups attached to an aromatic ring is 1. The number of ether oxygens (including phenoxy) is 1. The summed E-state index contributed by atoms with van der Waals surface area (Å²) < 4.78 is 7.77. The second-order valence-corrected chi connectivity index (χ2v) is 5.29. The molecule has 0 aliphatic carbocycles. The van der Waals surface area contributed by atoms with Crippen LogP contribution < -0.4 is 11.3 Å². The summed E-state index contributed by atoms with van der Waals surface area (Å²) in [5.74, 6) is 3.05. The highest BCUT2D eigenvalue weighted by Gasteiger charge is 2.36. The summed E-state index contributed by atoms with van der Waals surface area (Å²) in [6.45, 7) is 1.91. The summed E-state index contributed by atoms with van der Waals surface area (Å²) in [5.41, 5.74) is 7.10. The average molecular weight is 275 g/mol. The van der Waals surface area contributed by atoms with Crippen molar-refractivity contribution in [3.05, 3.63) is 6.33 Å². The molecule has 3 heterocycles. The maximum Gasteiger partial charge on any atom is 0.168 e. The quantitative estimate of drug-likeness (QED) is 0.609. The highest BCUT2D eigenvalue weighted by Crippen LogP contribution is 2.36. The lowest BCUT2D eigenvalue weighted by Crippen LogP contribution is -2.22. The fourth-order valence-corrected chi connectivity index (χ4v) is 2.55. The molecular formula is C12H14N5OP. The predicted octanol–water partition coefficient (Wildman–Crippen LogP) is 0.610. The first-order valence-electron chi connectivity index (χ1n) is 5.93. The molecule has 2 N–H and O–H groups in total. The van der Waals surface area contributed by atoms with Crippen molar-refractivity contribution in [2.24, 2.45) is 0 Å². The fourth-order valence-electron chi connectivity index (χ4n) is 2.29. The van der Waals surface area contributed by atoms with Crippen LogP contribution in [0.1, 0.15) is 26.0 Å². The van der Waals surface area contributed by atoms with Crippen molar-refractivity contribution in [2.75, 3.05) is 5.73 Å². The number of imidazole rings is 1. The Morgan fingerprint density at radius 1 is 1.63 bits per heavy atom. The normalized spacial score (nSPS) is 26.7. The van der Waals surface area contributed by atoms with E-state index in [-0.39, 0.29) is 6.23 Å². The lowest BCUT2D eigenvalue weighted by molar-refractivity contribution is -0.0251. The summed E-state index contributed by atoms with van der Waals surface area (Å²) in [6.07, 6.45) is 8.64. The molecule has 3 rings (SSSR count). The third-order valence-electron chi connectivity index (χ3n) is 3.35. The van der Waals surface area contributed by atoms with Gasteiger partial charge in [0, 0.05) is 0 Å². The van der Waals surface area contributed by atoms with Crippen molar-refractivity contribution >= 4 is 31.8 Å². The molecule has 0 saturated carbocycles. The molecular weight excluding hydrogens is 261 g/mol. The van der Waals surface area contributed by atoms with E-state index in [1.807, 2.05) is 11.5 Å². The molecule has 1 aliphatic heterocycles. The molecule has 1 fully saturated rings. The molecule has 19 heavy (non-hydrogen) atoms. The van der Waals surface area contributed by atoms with Crippen LogP contribution in [0.3, 0.4) is 0 Å². The van der Waals surface area contributed by atoms with Crippen molar-refractivity contribution in [3.8, 4) is 12.3 Å². The number of hydrogen-bond acceptors (Lipinski definition) is 5. The molecule has 1 saturated heterocycles. The van der Waals surface area contributed by atoms with Gasteiger partial charge in [-0.25, -0.2) is 15.0 Å². The van der Waals surface area contributed by atoms with E-state index in [0.29, 0.717) is 22.5 Å². The van der Waals surface area contributed by atoms with Gasteiger partial charge >= 0.3 is 0 Å². The summed E-state index contributed by atoms with van der Waals surface area (Å²) in [5, 5.41) is 0. The minimum atomic E-state index is -0.524. The van der Waals surface area contributed by atoms with Gasteiger partial charge in [0.1, 0.15) is 22.9 Å². The van der Waals surface area contributed by atoms with Crippen LogP contribution in [0.4, 0.5) is 5.82 Å². The van der Waals surface area contributed by atoms with Gasteiger partial charge in [-0.15, -0.1) is 6.42 Å². The summed E-state index contributed by atoms with van der Waals surface area (Å²) in [6, 6.07) is 0. The Hall–Kier alpha value is -1.70. The molecule has 0 spiro atoms. The number of fused-ring (bicyclic) bond motifs is 1. The molecule has 2 aromatic heterocycles. The van der Waals surface area contributed by atoms with Crippen LogP contribution in [-0.2, 0) is 4.74 Å². The zero-order chi connectivity index (χ0) is 13.6. The molecule has 2 aromatic rings. The first-order valence-corrected chi connectivity index (χ1v) is 6.51. The largest absolute Gasteiger partial charge is 0.382 e. The van der Waals surface area contributed by atoms with Crippen LogP contribution in [0.2, 0.25) is 0 Å². The number of nitrogens with two attached hydrogens (primary N) is 1. The SMILES string of the molecule is C#CC1(C)CCC(n2cnc3c(N)nc(P)nc32)O1. The van der Waals surface area contributed by atoms with Gasteiger partial charge in [0.15, 0.2) is 11.5 Å². The first kappa shape index (κ1) is 12.3. The van der Waals surface area contributed by atoms with Gasteiger partial charge in [-0.2, -0.15) is 0 Å². The van der Waals surface area contributed by atoms with Crippen molar-refractivity contribution < 1.29 is 4.74 Å². The molecule has 0 radical (unpaired) electrons. The monoisotopic (exact) mass is 275 g/mol. The Kier molecular flexibility index (Phi) is 2.70. The predicted molar refractivity (Wildman–Crippen MR) is 75.7 cm³/mol. The summed E-state index contributed by atoms with van der Waals surface area (Å²) in [7, 11) is 2.44. The smallest absolute Gasteiger partial charge is 0.168 e. The average Bonchev–Trinajstić information content (AvgIpc) is 2.94. The van der Waals surface area contributed by atoms with E-state index in [4.69, 9.17) is 16.9 Å². The molecule has 0 amide bonds. The number of hydrogen-bond donors (Lipinski definition) is 1. The molecule has 6 nitrogen and oxygen atoms in total. The first-order chi connectivity index (χ1) is 9.02. The minimum Gasteiger partial charge on any atom is -0.382 e. The van der Waals surface area contributed by atoms with Crippen LogP contribution in [0.25, 0.3) is 11.2 Å². The zero-order valence-electron chi connectivity index (χ0n) is 10.5. The zero-order valence-corrected chi connectivity index (χ0v) is 11.7. The Morgan fingerprint density at radius 3 is 3.11 bits per heavy atom. The van der Waals surface area contributed by atoms with E-state index in [9.17, 15) is 0 Å². The molecule has 1 aliphatic rings. The van der Waals surface area contributed by atoms with Crippen molar-refractivity contribution in [2.45, 2.75) is 31.6 Å². The van der Waals surface area contributed by atoms with Gasteiger partial charge in [-0.3, -0.25) is 4.57 Å². The van der Waals surface area contributed by atoms with Crippen molar-refractivity contribution in [1.82, 2.24) is 19.5 Å². The lowest BCUT2D eigenvalue weighted by Gasteiger charge is -2.19. The third-order valence-corrected chi connectivity index (χ3v) is 3.60. The van der Waals surface area contributed by atoms with Gasteiger partial charge in [-0.1, -0.05) is 15.2 Å². The summed E-state index contributed by atoms with van der Waals surface area (Å²) in [4.78, 5) is 12.7. The van der Waals surface area contributed by atoms with Crippen LogP contribution in [0.5, 0.6) is 0 Å². The topological polar surface area (TPSA) is 78.9 Å². The van der Waals surface area contributed by atoms with E-state index >= 15 is 0 Å². The fraction of sp³-hybridized carbons (Fsp3) is 0.417. The number of aromatic nitrogens is 4. The Labute approximate surface area is 113 Å². The van der Waals surface area contributed by atoms with E-state index in [0.717, 1.165) is 12.8 Å². The van der Waals surface area contributed by atoms with Crippen molar-refractivity contribution in [3.63, 3.8) is 0 Å². The Bertz CT molecular complexity index is 691. The van der Waals surface area contributed by atoms with Gasteiger partial charge in [0.25, 0.3) is 0 Å². The van der Waals surface area contributed by atoms with Gasteiger partial charge < -0.3 is 10.5 Å². The second-order valence-electron chi connectivity index (χ2n) is 4.78. The number of rotatable bonds is 1. The lowest BCUT2D eigenvalue weighted by atomic mass is 10.0. The third kappa shape index (κ3) is 1.95. The molecule has 0 aromatic carbocycles. The highest BCUT2D eigenvalue weighted by molar-refractivity contribution is 7.26. The highest BCUT2D eigenvalue weighted by atomic mass is 31.0. The standard InChI is InChI=1S/C12H14N5OP/c1-3-12(2)5-4-7(18-12)17-6-14-8-9(13)15-11(19)16-10(8)17/h1,6-7H,4-5,19H2,2H3,(H2,13,15,16). The number of anilines is 1. The second kappa shape index (κ2) is 4.16. The Morgan fingerprint density at radius 2 is 2.42 bits per heavy atom. The van der Waals surface area contributed by atoms with Gasteiger partial charge in [0.05, 0.1) is 6.33 Å². The summed E-state index contributed by atoms with van der Waals surface area (Å²) >= 11 is 0. The minimum absolute atomic E-state index is 0.162. The van der Waals surface area contributed by atoms with Crippen LogP contribution in [0.15, 0.2) is 6.33 Å². The maximum atomic E-state index is 5.91. The Balaban J connectivity index is 2.06. The van der Waals surface area contributed by atoms with Crippen LogP contribution >= 0.6 is 9.24 Å².